The van der Waals surface area contributed by atoms with Crippen molar-refractivity contribution in [3.05, 3.63) is 0 Å². The van der Waals surface area contributed by atoms with Crippen molar-refractivity contribution in [2.45, 2.75) is 25.8 Å². The largest absolute Gasteiger partial charge is 0.480 e. The zero-order chi connectivity index (χ0) is 12.8. The van der Waals surface area contributed by atoms with Gasteiger partial charge in [-0.2, -0.15) is 5.26 Å². The average molecular weight is 239 g/mol. The molecule has 0 spiro atoms. The Kier molecular flexibility index (Phi) is 4.91. The molecule has 1 amide bonds. The van der Waals surface area contributed by atoms with E-state index in [2.05, 4.69) is 5.32 Å². The van der Waals surface area contributed by atoms with Gasteiger partial charge in [-0.05, 0) is 18.9 Å². The van der Waals surface area contributed by atoms with Gasteiger partial charge in [0.2, 0.25) is 5.91 Å². The van der Waals surface area contributed by atoms with E-state index >= 15 is 0 Å². The van der Waals surface area contributed by atoms with Crippen LogP contribution in [0.4, 0.5) is 0 Å². The molecule has 2 atom stereocenters. The number of carbonyl (C=O) groups excluding carboxylic acids is 1. The molecule has 6 heteroatoms. The lowest BCUT2D eigenvalue weighted by Gasteiger charge is -2.22. The van der Waals surface area contributed by atoms with Crippen LogP contribution in [0, 0.1) is 17.2 Å². The van der Waals surface area contributed by atoms with Crippen molar-refractivity contribution < 1.29 is 14.7 Å². The highest BCUT2D eigenvalue weighted by Crippen LogP contribution is 2.23. The van der Waals surface area contributed by atoms with E-state index in [1.165, 1.54) is 0 Å². The number of nitrogens with one attached hydrogen (secondary N) is 1. The number of nitriles is 1. The van der Waals surface area contributed by atoms with E-state index in [9.17, 15) is 9.59 Å². The molecule has 0 aromatic rings. The molecule has 0 bridgehead atoms. The number of hydrogen-bond acceptors (Lipinski definition) is 4. The zero-order valence-electron chi connectivity index (χ0n) is 9.85. The van der Waals surface area contributed by atoms with Crippen molar-refractivity contribution in [1.82, 2.24) is 10.2 Å². The second-order valence-electron chi connectivity index (χ2n) is 4.28. The molecule has 1 heterocycles. The minimum atomic E-state index is -0.875. The van der Waals surface area contributed by atoms with Crippen molar-refractivity contribution in [3.8, 4) is 6.07 Å². The Balaban J connectivity index is 2.43. The normalized spacial score (nSPS) is 24.2. The van der Waals surface area contributed by atoms with Gasteiger partial charge in [-0.1, -0.05) is 6.92 Å². The third-order valence-corrected chi connectivity index (χ3v) is 2.96. The van der Waals surface area contributed by atoms with E-state index in [0.29, 0.717) is 13.1 Å². The van der Waals surface area contributed by atoms with Crippen LogP contribution in [0.25, 0.3) is 0 Å². The van der Waals surface area contributed by atoms with Crippen LogP contribution in [0.3, 0.4) is 0 Å². The highest BCUT2D eigenvalue weighted by Gasteiger charge is 2.37. The fourth-order valence-electron chi connectivity index (χ4n) is 2.10. The lowest BCUT2D eigenvalue weighted by Crippen LogP contribution is -2.44. The van der Waals surface area contributed by atoms with Crippen LogP contribution in [0.1, 0.15) is 19.8 Å². The Bertz CT molecular complexity index is 337. The summed E-state index contributed by atoms with van der Waals surface area (Å²) in [5.74, 6) is -1.03. The number of hydrogen-bond donors (Lipinski definition) is 2. The Hall–Kier alpha value is -1.61. The van der Waals surface area contributed by atoms with Gasteiger partial charge in [-0.25, -0.2) is 0 Å². The van der Waals surface area contributed by atoms with Crippen LogP contribution < -0.4 is 5.32 Å². The predicted octanol–water partition coefficient (Wildman–Crippen LogP) is -0.189. The van der Waals surface area contributed by atoms with Crippen molar-refractivity contribution in [1.29, 1.82) is 5.26 Å². The van der Waals surface area contributed by atoms with E-state index in [0.717, 1.165) is 6.42 Å². The van der Waals surface area contributed by atoms with Crippen molar-refractivity contribution in [2.24, 2.45) is 5.92 Å². The van der Waals surface area contributed by atoms with Crippen molar-refractivity contribution in [3.63, 3.8) is 0 Å². The highest BCUT2D eigenvalue weighted by molar-refractivity contribution is 5.80. The summed E-state index contributed by atoms with van der Waals surface area (Å²) in [6, 6.07) is 1.36. The number of likely N-dealkylation sites (tertiary alicyclic amines) is 1. The highest BCUT2D eigenvalue weighted by atomic mass is 16.4. The van der Waals surface area contributed by atoms with E-state index in [1.807, 2.05) is 13.0 Å². The van der Waals surface area contributed by atoms with Crippen molar-refractivity contribution in [2.75, 3.05) is 19.6 Å². The van der Waals surface area contributed by atoms with E-state index < -0.39 is 12.0 Å². The minimum absolute atomic E-state index is 0.0689. The topological polar surface area (TPSA) is 93.4 Å². The fraction of sp³-hybridized carbons (Fsp3) is 0.727. The third kappa shape index (κ3) is 3.71. The van der Waals surface area contributed by atoms with Crippen LogP contribution >= 0.6 is 0 Å². The number of carboxylic acids is 1. The molecular weight excluding hydrogens is 222 g/mol. The Morgan fingerprint density at radius 1 is 1.59 bits per heavy atom. The minimum Gasteiger partial charge on any atom is -0.480 e. The van der Waals surface area contributed by atoms with Crippen LogP contribution in [0.15, 0.2) is 0 Å². The average Bonchev–Trinajstić information content (AvgIpc) is 2.60. The fourth-order valence-corrected chi connectivity index (χ4v) is 2.10. The molecule has 0 aliphatic carbocycles. The first kappa shape index (κ1) is 13.5. The number of nitrogens with zero attached hydrogens (tertiary/aromatic N) is 2. The smallest absolute Gasteiger partial charge is 0.321 e. The van der Waals surface area contributed by atoms with E-state index in [1.54, 1.807) is 4.90 Å². The molecule has 1 aliphatic heterocycles. The molecule has 6 nitrogen and oxygen atoms in total. The molecule has 94 valence electrons. The zero-order valence-corrected chi connectivity index (χ0v) is 9.85. The third-order valence-electron chi connectivity index (χ3n) is 2.96. The molecule has 1 aliphatic rings. The van der Waals surface area contributed by atoms with Crippen molar-refractivity contribution >= 4 is 11.9 Å². The lowest BCUT2D eigenvalue weighted by atomic mass is 10.0. The number of aliphatic carboxylic acids is 1. The molecule has 0 saturated carbocycles. The molecule has 2 unspecified atom stereocenters. The van der Waals surface area contributed by atoms with Crippen LogP contribution in [-0.2, 0) is 9.59 Å². The molecule has 2 N–H and O–H groups in total. The first-order valence-electron chi connectivity index (χ1n) is 5.66. The quantitative estimate of drug-likeness (QED) is 0.649. The molecule has 1 saturated heterocycles. The Morgan fingerprint density at radius 3 is 2.88 bits per heavy atom. The van der Waals surface area contributed by atoms with Gasteiger partial charge < -0.3 is 10.4 Å². The first-order chi connectivity index (χ1) is 8.06. The summed E-state index contributed by atoms with van der Waals surface area (Å²) in [5, 5.41) is 20.0. The van der Waals surface area contributed by atoms with Gasteiger partial charge in [-0.3, -0.25) is 14.5 Å². The summed E-state index contributed by atoms with van der Waals surface area (Å²) in [4.78, 5) is 24.2. The van der Waals surface area contributed by atoms with E-state index in [4.69, 9.17) is 10.4 Å². The predicted molar refractivity (Wildman–Crippen MR) is 60.0 cm³/mol. The van der Waals surface area contributed by atoms with Gasteiger partial charge in [0.25, 0.3) is 0 Å². The van der Waals surface area contributed by atoms with Gasteiger partial charge in [0.15, 0.2) is 0 Å². The van der Waals surface area contributed by atoms with Crippen LogP contribution in [0.2, 0.25) is 0 Å². The number of rotatable bonds is 5. The second-order valence-corrected chi connectivity index (χ2v) is 4.28. The van der Waals surface area contributed by atoms with Gasteiger partial charge >= 0.3 is 5.97 Å². The monoisotopic (exact) mass is 239 g/mol. The van der Waals surface area contributed by atoms with Crippen LogP contribution in [-0.4, -0.2) is 47.6 Å². The summed E-state index contributed by atoms with van der Waals surface area (Å²) >= 11 is 0. The maximum atomic E-state index is 11.5. The van der Waals surface area contributed by atoms with E-state index in [-0.39, 0.29) is 24.8 Å². The van der Waals surface area contributed by atoms with Gasteiger partial charge in [-0.15, -0.1) is 0 Å². The number of carboxylic acid groups (broad SMARTS) is 1. The Morgan fingerprint density at radius 2 is 2.29 bits per heavy atom. The molecular formula is C11H17N3O3. The van der Waals surface area contributed by atoms with Gasteiger partial charge in [0, 0.05) is 6.54 Å². The molecule has 0 aromatic carbocycles. The summed E-state index contributed by atoms with van der Waals surface area (Å²) in [6.07, 6.45) is 1.06. The maximum Gasteiger partial charge on any atom is 0.321 e. The molecule has 1 fully saturated rings. The summed E-state index contributed by atoms with van der Waals surface area (Å²) in [7, 11) is 0. The Labute approximate surface area is 100 Å². The lowest BCUT2D eigenvalue weighted by molar-refractivity contribution is -0.143. The summed E-state index contributed by atoms with van der Waals surface area (Å²) in [6.45, 7) is 2.92. The number of carbonyl (C=O) groups is 2. The molecule has 0 radical (unpaired) electrons. The second kappa shape index (κ2) is 6.21. The first-order valence-corrected chi connectivity index (χ1v) is 5.66. The SMILES string of the molecule is CC1CCN(CC(=O)NCCC#N)C1C(=O)O. The summed E-state index contributed by atoms with van der Waals surface area (Å²) < 4.78 is 0. The molecule has 17 heavy (non-hydrogen) atoms. The molecule has 1 rings (SSSR count). The molecule has 0 aromatic heterocycles. The van der Waals surface area contributed by atoms with Gasteiger partial charge in [0.1, 0.15) is 6.04 Å². The standard InChI is InChI=1S/C11H17N3O3/c1-8-3-6-14(10(8)11(16)17)7-9(15)13-5-2-4-12/h8,10H,2-3,5-7H2,1H3,(H,13,15)(H,16,17). The van der Waals surface area contributed by atoms with Crippen LogP contribution in [0.5, 0.6) is 0 Å². The van der Waals surface area contributed by atoms with Gasteiger partial charge in [0.05, 0.1) is 19.0 Å². The summed E-state index contributed by atoms with van der Waals surface area (Å²) in [5.41, 5.74) is 0. The maximum absolute atomic E-state index is 11.5. The number of amides is 1.